The molecule has 1 atom stereocenters. The lowest BCUT2D eigenvalue weighted by atomic mass is 10.2. The summed E-state index contributed by atoms with van der Waals surface area (Å²) in [7, 11) is 0. The summed E-state index contributed by atoms with van der Waals surface area (Å²) in [5.41, 5.74) is 1.49. The van der Waals surface area contributed by atoms with Crippen LogP contribution in [0.15, 0.2) is 53.7 Å². The number of nitrogens with one attached hydrogen (secondary N) is 2. The van der Waals surface area contributed by atoms with Gasteiger partial charge in [-0.2, -0.15) is 13.2 Å². The molecule has 11 heteroatoms. The van der Waals surface area contributed by atoms with Crippen LogP contribution in [0, 0.1) is 0 Å². The number of hydrogen-bond acceptors (Lipinski definition) is 6. The van der Waals surface area contributed by atoms with E-state index in [9.17, 15) is 13.2 Å². The molecule has 1 unspecified atom stereocenters. The third-order valence-corrected chi connectivity index (χ3v) is 6.09. The summed E-state index contributed by atoms with van der Waals surface area (Å²) in [5.74, 6) is 0. The van der Waals surface area contributed by atoms with Crippen molar-refractivity contribution in [3.8, 4) is 0 Å². The molecule has 0 bridgehead atoms. The van der Waals surface area contributed by atoms with E-state index in [0.717, 1.165) is 33.0 Å². The number of nitrogens with zero attached hydrogens (tertiary/aromatic N) is 4. The lowest BCUT2D eigenvalue weighted by Gasteiger charge is -2.11. The fourth-order valence-electron chi connectivity index (χ4n) is 2.76. The fourth-order valence-corrected chi connectivity index (χ4v) is 4.01. The highest BCUT2D eigenvalue weighted by Gasteiger charge is 2.29. The van der Waals surface area contributed by atoms with Gasteiger partial charge in [0.25, 0.3) is 0 Å². The first-order valence-electron chi connectivity index (χ1n) is 8.90. The summed E-state index contributed by atoms with van der Waals surface area (Å²) in [4.78, 5) is 13.9. The molecule has 30 heavy (non-hydrogen) atoms. The number of thiazole rings is 1. The molecule has 0 aliphatic rings. The summed E-state index contributed by atoms with van der Waals surface area (Å²) in [5, 5.41) is 7.05. The van der Waals surface area contributed by atoms with Gasteiger partial charge in [0.2, 0.25) is 0 Å². The van der Waals surface area contributed by atoms with Crippen molar-refractivity contribution in [3.63, 3.8) is 0 Å². The summed E-state index contributed by atoms with van der Waals surface area (Å²) >= 11 is 4.88. The molecule has 3 aromatic heterocycles. The number of anilines is 2. The average Bonchev–Trinajstić information content (AvgIpc) is 3.33. The molecule has 0 saturated heterocycles. The molecule has 0 radical (unpaired) electrons. The van der Waals surface area contributed by atoms with Gasteiger partial charge in [-0.3, -0.25) is 9.38 Å². The van der Waals surface area contributed by atoms with Gasteiger partial charge in [0.15, 0.2) is 10.8 Å². The number of hydrogen-bond donors (Lipinski definition) is 2. The Labute approximate surface area is 182 Å². The van der Waals surface area contributed by atoms with Crippen molar-refractivity contribution in [1.29, 1.82) is 0 Å². The van der Waals surface area contributed by atoms with Gasteiger partial charge < -0.3 is 10.6 Å². The van der Waals surface area contributed by atoms with Crippen molar-refractivity contribution >= 4 is 43.7 Å². The van der Waals surface area contributed by atoms with Crippen LogP contribution in [-0.4, -0.2) is 19.4 Å². The Kier molecular flexibility index (Phi) is 5.76. The van der Waals surface area contributed by atoms with E-state index in [2.05, 4.69) is 41.5 Å². The second-order valence-electron chi connectivity index (χ2n) is 6.56. The molecule has 0 spiro atoms. The fraction of sp³-hybridized carbons (Fsp3) is 0.211. The molecule has 4 rings (SSSR count). The van der Waals surface area contributed by atoms with Crippen molar-refractivity contribution < 1.29 is 13.2 Å². The van der Waals surface area contributed by atoms with Gasteiger partial charge in [-0.25, -0.2) is 9.97 Å². The molecule has 3 heterocycles. The zero-order valence-electron chi connectivity index (χ0n) is 15.6. The van der Waals surface area contributed by atoms with Crippen LogP contribution in [0.1, 0.15) is 29.1 Å². The minimum absolute atomic E-state index is 0.0226. The number of halogens is 4. The standard InChI is InChI=1S/C19H16BrF3N6S/c1-11(24-6-14-10-29-16(20)8-26-17(29)9-25-14)15-7-27-18(30-15)28-13-4-2-12(3-5-13)19(21,22)23/h2-5,7-11,24H,6H2,1H3,(H,27,28). The predicted octanol–water partition coefficient (Wildman–Crippen LogP) is 5.56. The largest absolute Gasteiger partial charge is 0.416 e. The Balaban J connectivity index is 1.37. The zero-order valence-corrected chi connectivity index (χ0v) is 18.0. The maximum absolute atomic E-state index is 12.7. The molecule has 2 N–H and O–H groups in total. The number of alkyl halides is 3. The Morgan fingerprint density at radius 2 is 1.87 bits per heavy atom. The van der Waals surface area contributed by atoms with Crippen LogP contribution in [0.2, 0.25) is 0 Å². The molecule has 1 aromatic carbocycles. The lowest BCUT2D eigenvalue weighted by Crippen LogP contribution is -2.18. The van der Waals surface area contributed by atoms with Crippen LogP contribution in [0.25, 0.3) is 5.65 Å². The van der Waals surface area contributed by atoms with Crippen LogP contribution >= 0.6 is 27.3 Å². The molecule has 4 aromatic rings. The Hall–Kier alpha value is -2.50. The molecule has 0 fully saturated rings. The molecule has 0 saturated carbocycles. The summed E-state index contributed by atoms with van der Waals surface area (Å²) in [6.07, 6.45) is 2.75. The summed E-state index contributed by atoms with van der Waals surface area (Å²) in [6.45, 7) is 2.57. The van der Waals surface area contributed by atoms with E-state index in [4.69, 9.17) is 0 Å². The van der Waals surface area contributed by atoms with Crippen LogP contribution in [0.3, 0.4) is 0 Å². The number of rotatable bonds is 6. The second-order valence-corrected chi connectivity index (χ2v) is 8.43. The molecule has 6 nitrogen and oxygen atoms in total. The average molecular weight is 497 g/mol. The van der Waals surface area contributed by atoms with Crippen LogP contribution < -0.4 is 10.6 Å². The van der Waals surface area contributed by atoms with Crippen molar-refractivity contribution in [2.24, 2.45) is 0 Å². The van der Waals surface area contributed by atoms with E-state index in [1.807, 2.05) is 17.5 Å². The highest BCUT2D eigenvalue weighted by molar-refractivity contribution is 9.10. The summed E-state index contributed by atoms with van der Waals surface area (Å²) in [6, 6.07) is 4.89. The van der Waals surface area contributed by atoms with Crippen LogP contribution in [0.4, 0.5) is 24.0 Å². The SMILES string of the molecule is CC(NCc1cn2c(Br)cnc2cn1)c1cnc(Nc2ccc(C(F)(F)F)cc2)s1. The van der Waals surface area contributed by atoms with E-state index in [1.54, 1.807) is 18.6 Å². The van der Waals surface area contributed by atoms with E-state index in [0.29, 0.717) is 17.4 Å². The Bertz CT molecular complexity index is 1160. The highest BCUT2D eigenvalue weighted by atomic mass is 79.9. The molecular weight excluding hydrogens is 481 g/mol. The third kappa shape index (κ3) is 4.63. The van der Waals surface area contributed by atoms with Gasteiger partial charge >= 0.3 is 6.18 Å². The van der Waals surface area contributed by atoms with E-state index in [1.165, 1.54) is 23.5 Å². The second kappa shape index (κ2) is 8.32. The first kappa shape index (κ1) is 20.8. The first-order chi connectivity index (χ1) is 14.3. The van der Waals surface area contributed by atoms with Crippen molar-refractivity contribution in [2.75, 3.05) is 5.32 Å². The third-order valence-electron chi connectivity index (χ3n) is 4.41. The normalized spacial score (nSPS) is 13.0. The minimum atomic E-state index is -4.35. The van der Waals surface area contributed by atoms with E-state index >= 15 is 0 Å². The lowest BCUT2D eigenvalue weighted by molar-refractivity contribution is -0.137. The molecule has 0 amide bonds. The quantitative estimate of drug-likeness (QED) is 0.365. The molecule has 156 valence electrons. The number of benzene rings is 1. The van der Waals surface area contributed by atoms with Gasteiger partial charge in [0.1, 0.15) is 4.60 Å². The highest BCUT2D eigenvalue weighted by Crippen LogP contribution is 2.31. The Morgan fingerprint density at radius 1 is 1.10 bits per heavy atom. The van der Waals surface area contributed by atoms with Crippen molar-refractivity contribution in [3.05, 3.63) is 69.8 Å². The maximum atomic E-state index is 12.7. The first-order valence-corrected chi connectivity index (χ1v) is 10.5. The number of aromatic nitrogens is 4. The smallest absolute Gasteiger partial charge is 0.332 e. The van der Waals surface area contributed by atoms with Crippen molar-refractivity contribution in [1.82, 2.24) is 24.7 Å². The Morgan fingerprint density at radius 3 is 2.60 bits per heavy atom. The topological polar surface area (TPSA) is 67.1 Å². The molecular formula is C19H16BrF3N6S. The van der Waals surface area contributed by atoms with E-state index < -0.39 is 11.7 Å². The van der Waals surface area contributed by atoms with Gasteiger partial charge in [-0.15, -0.1) is 11.3 Å². The number of fused-ring (bicyclic) bond motifs is 1. The van der Waals surface area contributed by atoms with E-state index in [-0.39, 0.29) is 6.04 Å². The number of imidazole rings is 1. The summed E-state index contributed by atoms with van der Waals surface area (Å²) < 4.78 is 40.8. The van der Waals surface area contributed by atoms with Gasteiger partial charge in [0, 0.05) is 35.5 Å². The van der Waals surface area contributed by atoms with Gasteiger partial charge in [-0.05, 0) is 47.1 Å². The van der Waals surface area contributed by atoms with Gasteiger partial charge in [-0.1, -0.05) is 0 Å². The van der Waals surface area contributed by atoms with Crippen LogP contribution in [-0.2, 0) is 12.7 Å². The van der Waals surface area contributed by atoms with Crippen LogP contribution in [0.5, 0.6) is 0 Å². The van der Waals surface area contributed by atoms with Gasteiger partial charge in [0.05, 0.1) is 23.7 Å². The molecule has 0 aliphatic carbocycles. The minimum Gasteiger partial charge on any atom is -0.332 e. The van der Waals surface area contributed by atoms with Crippen molar-refractivity contribution in [2.45, 2.75) is 25.7 Å². The monoisotopic (exact) mass is 496 g/mol. The zero-order chi connectivity index (χ0) is 21.3. The maximum Gasteiger partial charge on any atom is 0.416 e. The molecule has 0 aliphatic heterocycles. The predicted molar refractivity (Wildman–Crippen MR) is 113 cm³/mol.